The van der Waals surface area contributed by atoms with Crippen LogP contribution in [0.4, 0.5) is 11.5 Å². The Balaban J connectivity index is 1.35. The minimum atomic E-state index is -0.531. The summed E-state index contributed by atoms with van der Waals surface area (Å²) in [5.74, 6) is 0.647. The fourth-order valence-electron chi connectivity index (χ4n) is 4.41. The summed E-state index contributed by atoms with van der Waals surface area (Å²) in [4.78, 5) is 33.8. The number of nitrogens with zero attached hydrogens (tertiary/aromatic N) is 3. The molecule has 168 valence electrons. The zero-order valence-electron chi connectivity index (χ0n) is 18.0. The first kappa shape index (κ1) is 20.7. The minimum Gasteiger partial charge on any atom is -0.497 e. The highest BCUT2D eigenvalue weighted by molar-refractivity contribution is 6.04. The number of ether oxygens (including phenoxy) is 3. The quantitative estimate of drug-likeness (QED) is 0.781. The number of benzene rings is 1. The van der Waals surface area contributed by atoms with Crippen molar-refractivity contribution in [3.8, 4) is 5.75 Å². The molecule has 3 aliphatic rings. The van der Waals surface area contributed by atoms with E-state index in [0.717, 1.165) is 11.3 Å². The number of aromatic nitrogens is 1. The Morgan fingerprint density at radius 3 is 2.59 bits per heavy atom. The van der Waals surface area contributed by atoms with Crippen molar-refractivity contribution in [2.24, 2.45) is 0 Å². The molecule has 0 bridgehead atoms. The van der Waals surface area contributed by atoms with Gasteiger partial charge in [0.2, 0.25) is 5.91 Å². The van der Waals surface area contributed by atoms with Crippen LogP contribution in [0.2, 0.25) is 0 Å². The van der Waals surface area contributed by atoms with Gasteiger partial charge in [-0.3, -0.25) is 9.59 Å². The number of nitrogens with one attached hydrogen (secondary N) is 1. The van der Waals surface area contributed by atoms with Gasteiger partial charge in [0, 0.05) is 32.1 Å². The van der Waals surface area contributed by atoms with Gasteiger partial charge in [0.05, 0.1) is 44.7 Å². The van der Waals surface area contributed by atoms with Crippen molar-refractivity contribution in [3.05, 3.63) is 47.7 Å². The van der Waals surface area contributed by atoms with E-state index in [1.165, 1.54) is 0 Å². The molecule has 32 heavy (non-hydrogen) atoms. The minimum absolute atomic E-state index is 0.0739. The molecule has 9 nitrogen and oxygen atoms in total. The summed E-state index contributed by atoms with van der Waals surface area (Å²) >= 11 is 0. The molecule has 1 aromatic heterocycles. The van der Waals surface area contributed by atoms with Crippen LogP contribution in [0.3, 0.4) is 0 Å². The van der Waals surface area contributed by atoms with Gasteiger partial charge in [-0.05, 0) is 23.8 Å². The van der Waals surface area contributed by atoms with Crippen molar-refractivity contribution in [2.75, 3.05) is 50.2 Å². The lowest BCUT2D eigenvalue weighted by atomic mass is 10.0. The number of carbonyl (C=O) groups excluding carboxylic acids is 2. The van der Waals surface area contributed by atoms with E-state index in [2.05, 4.69) is 10.3 Å². The third-order valence-electron chi connectivity index (χ3n) is 6.24. The number of carbonyl (C=O) groups is 2. The molecule has 3 aliphatic heterocycles. The SMILES string of the molecule is COc1ccc(CN2C(=O)CNc3ncc(C(=O)N4CCC5(CC4)OCCO5)cc32)cc1. The predicted octanol–water partition coefficient (Wildman–Crippen LogP) is 2.03. The molecular formula is C23H26N4O5. The number of likely N-dealkylation sites (tertiary alicyclic amines) is 1. The lowest BCUT2D eigenvalue weighted by Gasteiger charge is -2.37. The van der Waals surface area contributed by atoms with Crippen LogP contribution in [0.15, 0.2) is 36.5 Å². The van der Waals surface area contributed by atoms with Gasteiger partial charge in [-0.1, -0.05) is 12.1 Å². The second kappa shape index (κ2) is 8.40. The number of rotatable bonds is 4. The Morgan fingerprint density at radius 2 is 1.91 bits per heavy atom. The molecule has 4 heterocycles. The fourth-order valence-corrected chi connectivity index (χ4v) is 4.41. The van der Waals surface area contributed by atoms with Gasteiger partial charge in [0.1, 0.15) is 5.75 Å². The molecule has 2 fully saturated rings. The Kier molecular flexibility index (Phi) is 5.44. The molecule has 1 aromatic carbocycles. The first-order valence-electron chi connectivity index (χ1n) is 10.8. The molecule has 2 aromatic rings. The average Bonchev–Trinajstić information content (AvgIpc) is 3.29. The van der Waals surface area contributed by atoms with E-state index in [1.807, 2.05) is 24.3 Å². The molecule has 9 heteroatoms. The molecule has 0 saturated carbocycles. The molecular weight excluding hydrogens is 412 g/mol. The Hall–Kier alpha value is -3.17. The normalized spacial score (nSPS) is 19.6. The summed E-state index contributed by atoms with van der Waals surface area (Å²) in [7, 11) is 1.62. The van der Waals surface area contributed by atoms with Crippen LogP contribution in [-0.4, -0.2) is 67.4 Å². The number of piperidine rings is 1. The lowest BCUT2D eigenvalue weighted by molar-refractivity contribution is -0.181. The standard InChI is InChI=1S/C23H26N4O5/c1-30-18-4-2-16(3-5-18)15-27-19-12-17(13-24-21(19)25-14-20(27)28)22(29)26-8-6-23(7-9-26)31-10-11-32-23/h2-5,12-13H,6-11,14-15H2,1H3,(H,24,25). The molecule has 2 amide bonds. The van der Waals surface area contributed by atoms with Gasteiger partial charge in [-0.25, -0.2) is 4.98 Å². The van der Waals surface area contributed by atoms with Gasteiger partial charge in [-0.15, -0.1) is 0 Å². The van der Waals surface area contributed by atoms with Crippen LogP contribution in [0.5, 0.6) is 5.75 Å². The number of fused-ring (bicyclic) bond motifs is 1. The maximum Gasteiger partial charge on any atom is 0.255 e. The van der Waals surface area contributed by atoms with Crippen molar-refractivity contribution < 1.29 is 23.8 Å². The Morgan fingerprint density at radius 1 is 1.19 bits per heavy atom. The average molecular weight is 438 g/mol. The van der Waals surface area contributed by atoms with Crippen LogP contribution < -0.4 is 15.0 Å². The highest BCUT2D eigenvalue weighted by atomic mass is 16.7. The van der Waals surface area contributed by atoms with E-state index in [0.29, 0.717) is 62.8 Å². The number of hydrogen-bond acceptors (Lipinski definition) is 7. The summed E-state index contributed by atoms with van der Waals surface area (Å²) in [5, 5.41) is 3.04. The number of hydrogen-bond donors (Lipinski definition) is 1. The molecule has 0 atom stereocenters. The van der Waals surface area contributed by atoms with Crippen molar-refractivity contribution in [1.29, 1.82) is 0 Å². The van der Waals surface area contributed by atoms with E-state index >= 15 is 0 Å². The molecule has 0 unspecified atom stereocenters. The largest absolute Gasteiger partial charge is 0.497 e. The van der Waals surface area contributed by atoms with Gasteiger partial charge in [-0.2, -0.15) is 0 Å². The molecule has 5 rings (SSSR count). The monoisotopic (exact) mass is 438 g/mol. The van der Waals surface area contributed by atoms with Crippen LogP contribution in [0, 0.1) is 0 Å². The summed E-state index contributed by atoms with van der Waals surface area (Å²) in [6.07, 6.45) is 2.88. The number of anilines is 2. The first-order valence-corrected chi connectivity index (χ1v) is 10.8. The second-order valence-corrected chi connectivity index (χ2v) is 8.17. The highest BCUT2D eigenvalue weighted by Gasteiger charge is 2.41. The number of methoxy groups -OCH3 is 1. The van der Waals surface area contributed by atoms with Gasteiger partial charge < -0.3 is 29.3 Å². The number of amides is 2. The molecule has 0 aliphatic carbocycles. The summed E-state index contributed by atoms with van der Waals surface area (Å²) in [6, 6.07) is 9.33. The van der Waals surface area contributed by atoms with Crippen molar-refractivity contribution in [3.63, 3.8) is 0 Å². The summed E-state index contributed by atoms with van der Waals surface area (Å²) in [5.41, 5.74) is 2.03. The van der Waals surface area contributed by atoms with Crippen LogP contribution in [0.1, 0.15) is 28.8 Å². The van der Waals surface area contributed by atoms with Crippen molar-refractivity contribution in [1.82, 2.24) is 9.88 Å². The lowest BCUT2D eigenvalue weighted by Crippen LogP contribution is -2.47. The molecule has 1 spiro atoms. The Bertz CT molecular complexity index is 1010. The topological polar surface area (TPSA) is 93.2 Å². The number of pyridine rings is 1. The van der Waals surface area contributed by atoms with Gasteiger partial charge in [0.25, 0.3) is 5.91 Å². The van der Waals surface area contributed by atoms with E-state index in [4.69, 9.17) is 14.2 Å². The highest BCUT2D eigenvalue weighted by Crippen LogP contribution is 2.33. The third-order valence-corrected chi connectivity index (χ3v) is 6.24. The predicted molar refractivity (Wildman–Crippen MR) is 117 cm³/mol. The zero-order valence-corrected chi connectivity index (χ0v) is 18.0. The van der Waals surface area contributed by atoms with E-state index in [1.54, 1.807) is 29.2 Å². The fraction of sp³-hybridized carbons (Fsp3) is 0.435. The molecule has 2 saturated heterocycles. The maximum atomic E-state index is 13.2. The van der Waals surface area contributed by atoms with E-state index in [-0.39, 0.29) is 18.4 Å². The summed E-state index contributed by atoms with van der Waals surface area (Å²) < 4.78 is 16.7. The van der Waals surface area contributed by atoms with Crippen molar-refractivity contribution in [2.45, 2.75) is 25.2 Å². The Labute approximate surface area is 186 Å². The first-order chi connectivity index (χ1) is 15.6. The smallest absolute Gasteiger partial charge is 0.255 e. The van der Waals surface area contributed by atoms with Gasteiger partial charge in [0.15, 0.2) is 11.6 Å². The van der Waals surface area contributed by atoms with E-state index in [9.17, 15) is 9.59 Å². The van der Waals surface area contributed by atoms with Crippen molar-refractivity contribution >= 4 is 23.3 Å². The molecule has 0 radical (unpaired) electrons. The zero-order chi connectivity index (χ0) is 22.1. The summed E-state index contributed by atoms with van der Waals surface area (Å²) in [6.45, 7) is 2.88. The second-order valence-electron chi connectivity index (χ2n) is 8.17. The van der Waals surface area contributed by atoms with Crippen LogP contribution >= 0.6 is 0 Å². The van der Waals surface area contributed by atoms with Crippen LogP contribution in [0.25, 0.3) is 0 Å². The van der Waals surface area contributed by atoms with E-state index < -0.39 is 5.79 Å². The van der Waals surface area contributed by atoms with Gasteiger partial charge >= 0.3 is 0 Å². The third kappa shape index (κ3) is 3.89. The maximum absolute atomic E-state index is 13.2. The van der Waals surface area contributed by atoms with Crippen LogP contribution in [-0.2, 0) is 20.8 Å². The molecule has 1 N–H and O–H groups in total.